The number of rotatable bonds is 3. The van der Waals surface area contributed by atoms with Gasteiger partial charge in [-0.05, 0) is 37.6 Å². The number of nitrogens with one attached hydrogen (secondary N) is 3. The van der Waals surface area contributed by atoms with Crippen LogP contribution in [0.5, 0.6) is 0 Å². The monoisotopic (exact) mass is 301 g/mol. The second-order valence-corrected chi connectivity index (χ2v) is 4.51. The highest BCUT2D eigenvalue weighted by Gasteiger charge is 2.22. The fourth-order valence-corrected chi connectivity index (χ4v) is 2.03. The molecular formula is C13H17ClFN3O2. The van der Waals surface area contributed by atoms with Crippen LogP contribution in [0.1, 0.15) is 19.8 Å². The SMILES string of the molecule is CC(=O)Nc1ccc(F)c(NC(=O)C2CCCN2)c1.Cl. The molecule has 5 nitrogen and oxygen atoms in total. The molecule has 0 bridgehead atoms. The number of amides is 2. The van der Waals surface area contributed by atoms with Crippen LogP contribution in [0.4, 0.5) is 15.8 Å². The first-order valence-electron chi connectivity index (χ1n) is 6.17. The molecule has 2 rings (SSSR count). The van der Waals surface area contributed by atoms with Crippen LogP contribution in [-0.4, -0.2) is 24.4 Å². The van der Waals surface area contributed by atoms with Gasteiger partial charge in [-0.25, -0.2) is 4.39 Å². The molecule has 110 valence electrons. The molecule has 1 aliphatic rings. The Balaban J connectivity index is 0.00000200. The van der Waals surface area contributed by atoms with Gasteiger partial charge in [0.1, 0.15) is 5.82 Å². The Labute approximate surface area is 122 Å². The molecule has 1 aromatic carbocycles. The van der Waals surface area contributed by atoms with Gasteiger partial charge < -0.3 is 16.0 Å². The minimum absolute atomic E-state index is 0. The molecule has 1 aliphatic heterocycles. The summed E-state index contributed by atoms with van der Waals surface area (Å²) in [7, 11) is 0. The van der Waals surface area contributed by atoms with Crippen molar-refractivity contribution < 1.29 is 14.0 Å². The van der Waals surface area contributed by atoms with Crippen molar-refractivity contribution in [3.05, 3.63) is 24.0 Å². The van der Waals surface area contributed by atoms with Crippen LogP contribution in [0.25, 0.3) is 0 Å². The average Bonchev–Trinajstić information content (AvgIpc) is 2.86. The Morgan fingerprint density at radius 3 is 2.70 bits per heavy atom. The molecule has 0 spiro atoms. The van der Waals surface area contributed by atoms with E-state index in [1.807, 2.05) is 0 Å². The van der Waals surface area contributed by atoms with E-state index in [-0.39, 0.29) is 36.0 Å². The standard InChI is InChI=1S/C13H16FN3O2.ClH/c1-8(18)16-9-4-5-10(14)12(7-9)17-13(19)11-3-2-6-15-11;/h4-5,7,11,15H,2-3,6H2,1H3,(H,16,18)(H,17,19);1H. The molecule has 0 saturated carbocycles. The number of halogens is 2. The van der Waals surface area contributed by atoms with E-state index < -0.39 is 5.82 Å². The fraction of sp³-hybridized carbons (Fsp3) is 0.385. The molecule has 3 N–H and O–H groups in total. The lowest BCUT2D eigenvalue weighted by Gasteiger charge is -2.12. The van der Waals surface area contributed by atoms with Crippen molar-refractivity contribution >= 4 is 35.6 Å². The Morgan fingerprint density at radius 2 is 2.10 bits per heavy atom. The molecule has 1 fully saturated rings. The van der Waals surface area contributed by atoms with Crippen LogP contribution in [0.3, 0.4) is 0 Å². The quantitative estimate of drug-likeness (QED) is 0.798. The second-order valence-electron chi connectivity index (χ2n) is 4.51. The van der Waals surface area contributed by atoms with Gasteiger partial charge in [-0.3, -0.25) is 9.59 Å². The molecular weight excluding hydrogens is 285 g/mol. The molecule has 2 amide bonds. The van der Waals surface area contributed by atoms with Gasteiger partial charge in [-0.1, -0.05) is 0 Å². The highest BCUT2D eigenvalue weighted by Crippen LogP contribution is 2.20. The largest absolute Gasteiger partial charge is 0.326 e. The number of benzene rings is 1. The first-order chi connectivity index (χ1) is 9.06. The summed E-state index contributed by atoms with van der Waals surface area (Å²) in [5.41, 5.74) is 0.522. The molecule has 1 saturated heterocycles. The number of carbonyl (C=O) groups excluding carboxylic acids is 2. The second kappa shape index (κ2) is 7.21. The summed E-state index contributed by atoms with van der Waals surface area (Å²) in [6.45, 7) is 2.16. The molecule has 1 heterocycles. The van der Waals surface area contributed by atoms with E-state index in [0.717, 1.165) is 19.4 Å². The van der Waals surface area contributed by atoms with Gasteiger partial charge in [0.05, 0.1) is 11.7 Å². The predicted octanol–water partition coefficient (Wildman–Crippen LogP) is 1.90. The molecule has 0 aliphatic carbocycles. The van der Waals surface area contributed by atoms with Gasteiger partial charge in [-0.15, -0.1) is 12.4 Å². The number of hydrogen-bond acceptors (Lipinski definition) is 3. The first-order valence-corrected chi connectivity index (χ1v) is 6.17. The maximum Gasteiger partial charge on any atom is 0.241 e. The third-order valence-corrected chi connectivity index (χ3v) is 2.92. The topological polar surface area (TPSA) is 70.2 Å². The smallest absolute Gasteiger partial charge is 0.241 e. The summed E-state index contributed by atoms with van der Waals surface area (Å²) in [6, 6.07) is 3.79. The summed E-state index contributed by atoms with van der Waals surface area (Å²) in [5, 5.41) is 8.12. The van der Waals surface area contributed by atoms with Crippen molar-refractivity contribution in [3.63, 3.8) is 0 Å². The summed E-state index contributed by atoms with van der Waals surface area (Å²) in [4.78, 5) is 22.8. The Kier molecular flexibility index (Phi) is 5.91. The molecule has 20 heavy (non-hydrogen) atoms. The van der Waals surface area contributed by atoms with E-state index in [0.29, 0.717) is 5.69 Å². The van der Waals surface area contributed by atoms with Gasteiger partial charge in [0, 0.05) is 12.6 Å². The third-order valence-electron chi connectivity index (χ3n) is 2.92. The Hall–Kier alpha value is -1.66. The zero-order chi connectivity index (χ0) is 13.8. The number of hydrogen-bond donors (Lipinski definition) is 3. The minimum Gasteiger partial charge on any atom is -0.326 e. The van der Waals surface area contributed by atoms with E-state index in [4.69, 9.17) is 0 Å². The molecule has 1 aromatic rings. The van der Waals surface area contributed by atoms with Crippen LogP contribution in [0, 0.1) is 5.82 Å². The van der Waals surface area contributed by atoms with E-state index in [9.17, 15) is 14.0 Å². The van der Waals surface area contributed by atoms with Crippen LogP contribution in [0.15, 0.2) is 18.2 Å². The lowest BCUT2D eigenvalue weighted by Crippen LogP contribution is -2.35. The first kappa shape index (κ1) is 16.4. The highest BCUT2D eigenvalue weighted by atomic mass is 35.5. The van der Waals surface area contributed by atoms with Crippen LogP contribution >= 0.6 is 12.4 Å². The Bertz CT molecular complexity index is 504. The van der Waals surface area contributed by atoms with Crippen molar-refractivity contribution in [2.24, 2.45) is 0 Å². The summed E-state index contributed by atoms with van der Waals surface area (Å²) in [6.07, 6.45) is 1.69. The van der Waals surface area contributed by atoms with Crippen LogP contribution < -0.4 is 16.0 Å². The van der Waals surface area contributed by atoms with Gasteiger partial charge in [-0.2, -0.15) is 0 Å². The van der Waals surface area contributed by atoms with Crippen molar-refractivity contribution in [1.29, 1.82) is 0 Å². The zero-order valence-corrected chi connectivity index (χ0v) is 11.8. The van der Waals surface area contributed by atoms with E-state index in [2.05, 4.69) is 16.0 Å². The highest BCUT2D eigenvalue weighted by molar-refractivity contribution is 5.96. The molecule has 0 radical (unpaired) electrons. The Morgan fingerprint density at radius 1 is 1.35 bits per heavy atom. The van der Waals surface area contributed by atoms with Crippen molar-refractivity contribution in [2.45, 2.75) is 25.8 Å². The van der Waals surface area contributed by atoms with Gasteiger partial charge in [0.2, 0.25) is 11.8 Å². The number of anilines is 2. The maximum atomic E-state index is 13.6. The van der Waals surface area contributed by atoms with Crippen LogP contribution in [0.2, 0.25) is 0 Å². The molecule has 7 heteroatoms. The van der Waals surface area contributed by atoms with E-state index in [1.165, 1.54) is 25.1 Å². The van der Waals surface area contributed by atoms with Gasteiger partial charge >= 0.3 is 0 Å². The summed E-state index contributed by atoms with van der Waals surface area (Å²) >= 11 is 0. The third kappa shape index (κ3) is 4.18. The minimum atomic E-state index is -0.527. The van der Waals surface area contributed by atoms with Crippen molar-refractivity contribution in [3.8, 4) is 0 Å². The van der Waals surface area contributed by atoms with Gasteiger partial charge in [0.15, 0.2) is 0 Å². The summed E-state index contributed by atoms with van der Waals surface area (Å²) < 4.78 is 13.6. The molecule has 1 atom stereocenters. The molecule has 1 unspecified atom stereocenters. The van der Waals surface area contributed by atoms with Crippen molar-refractivity contribution in [1.82, 2.24) is 5.32 Å². The maximum absolute atomic E-state index is 13.6. The van der Waals surface area contributed by atoms with Crippen LogP contribution in [-0.2, 0) is 9.59 Å². The lowest BCUT2D eigenvalue weighted by molar-refractivity contribution is -0.118. The molecule has 0 aromatic heterocycles. The van der Waals surface area contributed by atoms with E-state index in [1.54, 1.807) is 0 Å². The average molecular weight is 302 g/mol. The van der Waals surface area contributed by atoms with E-state index >= 15 is 0 Å². The lowest BCUT2D eigenvalue weighted by atomic mass is 10.2. The number of carbonyl (C=O) groups is 2. The fourth-order valence-electron chi connectivity index (χ4n) is 2.03. The normalized spacial score (nSPS) is 17.2. The zero-order valence-electron chi connectivity index (χ0n) is 11.0. The van der Waals surface area contributed by atoms with Crippen molar-refractivity contribution in [2.75, 3.05) is 17.2 Å². The van der Waals surface area contributed by atoms with Gasteiger partial charge in [0.25, 0.3) is 0 Å². The summed E-state index contributed by atoms with van der Waals surface area (Å²) in [5.74, 6) is -1.03. The predicted molar refractivity (Wildman–Crippen MR) is 77.6 cm³/mol.